The molecule has 0 aromatic carbocycles. The Balaban J connectivity index is 3.22. The first-order chi connectivity index (χ1) is 7.74. The molecule has 1 aromatic rings. The molecule has 0 saturated heterocycles. The number of nitrogens with zero attached hydrogens (tertiary/aromatic N) is 1. The first-order valence-corrected chi connectivity index (χ1v) is 5.65. The van der Waals surface area contributed by atoms with E-state index in [0.717, 1.165) is 6.07 Å². The van der Waals surface area contributed by atoms with Gasteiger partial charge in [-0.3, -0.25) is 0 Å². The van der Waals surface area contributed by atoms with Crippen LogP contribution in [0.5, 0.6) is 5.88 Å². The van der Waals surface area contributed by atoms with E-state index in [4.69, 9.17) is 11.6 Å². The molecule has 0 fully saturated rings. The minimum absolute atomic E-state index is 0.0303. The molecule has 0 spiro atoms. The summed E-state index contributed by atoms with van der Waals surface area (Å²) >= 11 is 6.93. The number of hydrogen-bond donors (Lipinski definition) is 0. The van der Waals surface area contributed by atoms with E-state index in [1.54, 1.807) is 22.6 Å². The Kier molecular flexibility index (Phi) is 4.76. The van der Waals surface area contributed by atoms with E-state index in [9.17, 15) is 22.0 Å². The van der Waals surface area contributed by atoms with E-state index >= 15 is 0 Å². The van der Waals surface area contributed by atoms with Crippen molar-refractivity contribution in [2.24, 2.45) is 0 Å². The molecule has 0 aliphatic carbocycles. The van der Waals surface area contributed by atoms with Gasteiger partial charge in [0.25, 0.3) is 6.43 Å². The zero-order valence-corrected chi connectivity index (χ0v) is 10.8. The lowest BCUT2D eigenvalue weighted by Gasteiger charge is -2.13. The lowest BCUT2D eigenvalue weighted by molar-refractivity contribution is -0.276. The van der Waals surface area contributed by atoms with Crippen LogP contribution in [0.4, 0.5) is 22.0 Å². The molecule has 17 heavy (non-hydrogen) atoms. The summed E-state index contributed by atoms with van der Waals surface area (Å²) in [7, 11) is 0. The Morgan fingerprint density at radius 1 is 1.41 bits per heavy atom. The summed E-state index contributed by atoms with van der Waals surface area (Å²) < 4.78 is 64.4. The maximum absolute atomic E-state index is 12.4. The smallest absolute Gasteiger partial charge is 0.388 e. The molecule has 0 N–H and O–H groups in total. The zero-order chi connectivity index (χ0) is 13.2. The summed E-state index contributed by atoms with van der Waals surface area (Å²) in [5, 5.41) is 0. The Labute approximate surface area is 111 Å². The fraction of sp³-hybridized carbons (Fsp3) is 0.375. The standard InChI is InChI=1S/C8H4ClF5INO/c9-2-3-1-4(15)5(6(10)11)16-7(3)17-8(12,13)14/h1,6H,2H2. The van der Waals surface area contributed by atoms with Gasteiger partial charge in [-0.25, -0.2) is 13.8 Å². The van der Waals surface area contributed by atoms with Gasteiger partial charge in [0.15, 0.2) is 0 Å². The minimum Gasteiger partial charge on any atom is -0.388 e. The van der Waals surface area contributed by atoms with Crippen molar-refractivity contribution in [3.63, 3.8) is 0 Å². The van der Waals surface area contributed by atoms with Crippen LogP contribution in [-0.4, -0.2) is 11.3 Å². The molecule has 1 aromatic heterocycles. The van der Waals surface area contributed by atoms with Crippen molar-refractivity contribution in [2.75, 3.05) is 0 Å². The number of aromatic nitrogens is 1. The second-order valence-electron chi connectivity index (χ2n) is 2.80. The predicted molar refractivity (Wildman–Crippen MR) is 58.2 cm³/mol. The van der Waals surface area contributed by atoms with E-state index < -0.39 is 24.4 Å². The number of rotatable bonds is 3. The molecule has 0 atom stereocenters. The van der Waals surface area contributed by atoms with Crippen LogP contribution in [0.15, 0.2) is 6.07 Å². The lowest BCUT2D eigenvalue weighted by Crippen LogP contribution is -2.19. The lowest BCUT2D eigenvalue weighted by atomic mass is 10.2. The van der Waals surface area contributed by atoms with Gasteiger partial charge in [-0.1, -0.05) is 0 Å². The first kappa shape index (κ1) is 14.7. The monoisotopic (exact) mass is 387 g/mol. The number of pyridine rings is 1. The molecular weight excluding hydrogens is 383 g/mol. The predicted octanol–water partition coefficient (Wildman–Crippen LogP) is 4.26. The second-order valence-corrected chi connectivity index (χ2v) is 4.23. The van der Waals surface area contributed by atoms with Crippen LogP contribution in [0, 0.1) is 3.57 Å². The topological polar surface area (TPSA) is 22.1 Å². The molecule has 0 aliphatic heterocycles. The normalized spacial score (nSPS) is 12.0. The van der Waals surface area contributed by atoms with Crippen LogP contribution in [-0.2, 0) is 5.88 Å². The average molecular weight is 387 g/mol. The molecule has 0 amide bonds. The van der Waals surface area contributed by atoms with Gasteiger partial charge >= 0.3 is 6.36 Å². The SMILES string of the molecule is FC(F)c1nc(OC(F)(F)F)c(CCl)cc1I. The largest absolute Gasteiger partial charge is 0.574 e. The molecule has 0 aliphatic rings. The summed E-state index contributed by atoms with van der Waals surface area (Å²) in [6.07, 6.45) is -7.98. The van der Waals surface area contributed by atoms with Crippen molar-refractivity contribution in [3.8, 4) is 5.88 Å². The molecule has 0 radical (unpaired) electrons. The molecule has 0 unspecified atom stereocenters. The Morgan fingerprint density at radius 3 is 2.41 bits per heavy atom. The Bertz CT molecular complexity index is 412. The van der Waals surface area contributed by atoms with Crippen LogP contribution >= 0.6 is 34.2 Å². The summed E-state index contributed by atoms with van der Waals surface area (Å²) in [5.41, 5.74) is -0.864. The van der Waals surface area contributed by atoms with Gasteiger partial charge in [0.1, 0.15) is 5.69 Å². The van der Waals surface area contributed by atoms with Crippen LogP contribution in [0.3, 0.4) is 0 Å². The number of ether oxygens (including phenoxy) is 1. The quantitative estimate of drug-likeness (QED) is 0.439. The number of hydrogen-bond acceptors (Lipinski definition) is 2. The van der Waals surface area contributed by atoms with Crippen molar-refractivity contribution >= 4 is 34.2 Å². The highest BCUT2D eigenvalue weighted by atomic mass is 127. The van der Waals surface area contributed by atoms with Crippen LogP contribution in [0.1, 0.15) is 17.7 Å². The highest BCUT2D eigenvalue weighted by molar-refractivity contribution is 14.1. The van der Waals surface area contributed by atoms with Gasteiger partial charge in [0.05, 0.1) is 5.88 Å². The van der Waals surface area contributed by atoms with Crippen LogP contribution in [0.25, 0.3) is 0 Å². The third kappa shape index (κ3) is 4.09. The molecule has 96 valence electrons. The van der Waals surface area contributed by atoms with Crippen LogP contribution < -0.4 is 4.74 Å². The second kappa shape index (κ2) is 5.51. The average Bonchev–Trinajstić information content (AvgIpc) is 2.17. The van der Waals surface area contributed by atoms with Crippen LogP contribution in [0.2, 0.25) is 0 Å². The highest BCUT2D eigenvalue weighted by Gasteiger charge is 2.33. The van der Waals surface area contributed by atoms with E-state index in [-0.39, 0.29) is 15.0 Å². The Morgan fingerprint density at radius 2 is 2.00 bits per heavy atom. The molecule has 2 nitrogen and oxygen atoms in total. The van der Waals surface area contributed by atoms with Crippen molar-refractivity contribution in [1.29, 1.82) is 0 Å². The summed E-state index contributed by atoms with van der Waals surface area (Å²) in [6, 6.07) is 1.09. The summed E-state index contributed by atoms with van der Waals surface area (Å²) in [4.78, 5) is 3.14. The molecular formula is C8H4ClF5INO. The van der Waals surface area contributed by atoms with E-state index in [1.807, 2.05) is 0 Å². The fourth-order valence-electron chi connectivity index (χ4n) is 0.970. The molecule has 1 heterocycles. The van der Waals surface area contributed by atoms with Gasteiger partial charge in [0, 0.05) is 9.13 Å². The zero-order valence-electron chi connectivity index (χ0n) is 7.86. The highest BCUT2D eigenvalue weighted by Crippen LogP contribution is 2.31. The van der Waals surface area contributed by atoms with Crippen molar-refractivity contribution < 1.29 is 26.7 Å². The first-order valence-electron chi connectivity index (χ1n) is 4.03. The third-order valence-electron chi connectivity index (χ3n) is 1.61. The van der Waals surface area contributed by atoms with Crippen molar-refractivity contribution in [2.45, 2.75) is 18.7 Å². The molecule has 0 saturated carbocycles. The van der Waals surface area contributed by atoms with Gasteiger partial charge in [-0.2, -0.15) is 0 Å². The summed E-state index contributed by atoms with van der Waals surface area (Å²) in [5.74, 6) is -1.26. The number of halogens is 7. The summed E-state index contributed by atoms with van der Waals surface area (Å²) in [6.45, 7) is 0. The van der Waals surface area contributed by atoms with E-state index in [1.165, 1.54) is 0 Å². The van der Waals surface area contributed by atoms with E-state index in [0.29, 0.717) is 0 Å². The third-order valence-corrected chi connectivity index (χ3v) is 2.76. The van der Waals surface area contributed by atoms with Crippen molar-refractivity contribution in [3.05, 3.63) is 20.9 Å². The Hall–Kier alpha value is -0.380. The minimum atomic E-state index is -5.00. The maximum Gasteiger partial charge on any atom is 0.574 e. The van der Waals surface area contributed by atoms with Gasteiger partial charge in [-0.15, -0.1) is 24.8 Å². The van der Waals surface area contributed by atoms with Crippen molar-refractivity contribution in [1.82, 2.24) is 4.98 Å². The fourth-order valence-corrected chi connectivity index (χ4v) is 1.89. The molecule has 1 rings (SSSR count). The van der Waals surface area contributed by atoms with E-state index in [2.05, 4.69) is 9.72 Å². The maximum atomic E-state index is 12.4. The van der Waals surface area contributed by atoms with Gasteiger partial charge in [-0.05, 0) is 28.7 Å². The molecule has 0 bridgehead atoms. The molecule has 9 heteroatoms. The number of alkyl halides is 6. The van der Waals surface area contributed by atoms with Gasteiger partial charge in [0.2, 0.25) is 5.88 Å². The van der Waals surface area contributed by atoms with Gasteiger partial charge < -0.3 is 4.74 Å².